The molecule has 0 saturated heterocycles. The molecule has 0 spiro atoms. The van der Waals surface area contributed by atoms with Crippen LogP contribution in [0.15, 0.2) is 190 Å². The van der Waals surface area contributed by atoms with Crippen LogP contribution in [0.5, 0.6) is 0 Å². The number of hydrogen-bond donors (Lipinski definition) is 0. The summed E-state index contributed by atoms with van der Waals surface area (Å²) in [6.45, 7) is 4.54. The van der Waals surface area contributed by atoms with E-state index in [0.29, 0.717) is 0 Å². The molecule has 0 aliphatic carbocycles. The van der Waals surface area contributed by atoms with Gasteiger partial charge in [-0.1, -0.05) is 170 Å². The summed E-state index contributed by atoms with van der Waals surface area (Å²) >= 11 is 1.75. The Morgan fingerprint density at radius 3 is 1.19 bits per heavy atom. The predicted octanol–water partition coefficient (Wildman–Crippen LogP) is 15.1. The van der Waals surface area contributed by atoms with Crippen LogP contribution in [0.4, 0.5) is 0 Å². The molecule has 9 rings (SSSR count). The van der Waals surface area contributed by atoms with Gasteiger partial charge >= 0.3 is 37.3 Å². The topological polar surface area (TPSA) is 29.5 Å². The molecule has 8 aromatic carbocycles. The summed E-state index contributed by atoms with van der Waals surface area (Å²) in [7, 11) is 2.85. The average Bonchev–Trinajstić information content (AvgIpc) is 3.43. The van der Waals surface area contributed by atoms with Crippen LogP contribution in [0.3, 0.4) is 0 Å². The van der Waals surface area contributed by atoms with E-state index in [4.69, 9.17) is 8.39 Å². The van der Waals surface area contributed by atoms with Crippen molar-refractivity contribution in [1.82, 2.24) is 0 Å². The Morgan fingerprint density at radius 1 is 0.463 bits per heavy atom. The molecule has 270 valence electrons. The van der Waals surface area contributed by atoms with Gasteiger partial charge in [-0.25, -0.2) is 0 Å². The number of hydrogen-bond acceptors (Lipinski definition) is 3. The first kappa shape index (κ1) is 36.2. The van der Waals surface area contributed by atoms with Gasteiger partial charge in [0.05, 0.1) is 0 Å². The molecule has 0 bridgehead atoms. The van der Waals surface area contributed by atoms with Gasteiger partial charge < -0.3 is 8.39 Å². The second-order valence-electron chi connectivity index (χ2n) is 13.4. The van der Waals surface area contributed by atoms with Crippen LogP contribution in [-0.4, -0.2) is 0 Å². The summed E-state index contributed by atoms with van der Waals surface area (Å²) in [4.78, 5) is 0. The summed E-state index contributed by atoms with van der Waals surface area (Å²) in [6, 6.07) is 64.6. The summed E-state index contributed by atoms with van der Waals surface area (Å²) in [5, 5.41) is 6.47. The fraction of sp³-hybridized carbons (Fsp3) is 0.0833. The van der Waals surface area contributed by atoms with Crippen molar-refractivity contribution in [1.29, 1.82) is 0 Å². The van der Waals surface area contributed by atoms with Gasteiger partial charge in [-0.05, 0) is 70.1 Å². The maximum absolute atomic E-state index is 7.57. The standard InChI is InChI=1S/C48H38NO2P.Au.ClH/c1-33(35-19-7-3-8-20-35)49(34(2)36-21-9-4-10-22-36)52-50-47-41-29-17-15-27-39(41)31-43(37-23-11-5-12-24-37)45(47)46-44(38-25-13-6-14-26-38)32-40-28-16-18-30-42(40)48(46)51-52;;/h3-34H,1-2H3;;1H/q;+1;/p-1/t33-,34-;;/m1../s1. The fourth-order valence-corrected chi connectivity index (χ4v) is 9.41. The summed E-state index contributed by atoms with van der Waals surface area (Å²) in [6.07, 6.45) is 0. The second-order valence-corrected chi connectivity index (χ2v) is 14.7. The molecule has 0 aliphatic rings. The molecule has 0 N–H and O–H groups in total. The first-order valence-electron chi connectivity index (χ1n) is 18.0. The van der Waals surface area contributed by atoms with Crippen molar-refractivity contribution in [2.45, 2.75) is 25.9 Å². The van der Waals surface area contributed by atoms with Crippen LogP contribution < -0.4 is 4.67 Å². The van der Waals surface area contributed by atoms with Gasteiger partial charge in [0.25, 0.3) is 0 Å². The molecule has 1 heterocycles. The molecule has 1 aromatic heterocycles. The Morgan fingerprint density at radius 2 is 0.796 bits per heavy atom. The van der Waals surface area contributed by atoms with E-state index in [-0.39, 0.29) is 12.1 Å². The number of benzene rings is 8. The van der Waals surface area contributed by atoms with Crippen molar-refractivity contribution < 1.29 is 28.4 Å². The molecule has 0 amide bonds. The maximum atomic E-state index is 7.57. The summed E-state index contributed by atoms with van der Waals surface area (Å²) < 4.78 is 17.6. The Kier molecular flexibility index (Phi) is 10.9. The molecule has 0 fully saturated rings. The second kappa shape index (κ2) is 16.3. The Labute approximate surface area is 333 Å². The van der Waals surface area contributed by atoms with Crippen LogP contribution in [0.1, 0.15) is 37.1 Å². The zero-order chi connectivity index (χ0) is 37.0. The van der Waals surface area contributed by atoms with E-state index in [1.54, 1.807) is 20.0 Å². The van der Waals surface area contributed by atoms with Gasteiger partial charge in [-0.3, -0.25) is 0 Å². The molecule has 2 atom stereocenters. The normalized spacial score (nSPS) is 12.5. The fourth-order valence-electron chi connectivity index (χ4n) is 7.66. The van der Waals surface area contributed by atoms with Crippen molar-refractivity contribution in [2.75, 3.05) is 4.67 Å². The number of nitrogens with zero attached hydrogens (tertiary/aromatic N) is 1. The first-order valence-corrected chi connectivity index (χ1v) is 21.9. The Hall–Kier alpha value is -4.83. The SMILES string of the molecule is C[C@H](c1ccccc1)N([C@H](C)c1ccccc1)p1oc2c3ccccc3cc(-c3ccccc3)c2c2c(-c3ccccc3)cc3ccccc3c2o1.[Cl][Au]. The third-order valence-electron chi connectivity index (χ3n) is 10.3. The number of fused-ring (bicyclic) bond motifs is 7. The molecule has 54 heavy (non-hydrogen) atoms. The van der Waals surface area contributed by atoms with Crippen molar-refractivity contribution in [3.63, 3.8) is 0 Å². The molecular formula is C48H38AuClNO2P. The first-order chi connectivity index (χ1) is 26.7. The molecular weight excluding hydrogens is 886 g/mol. The zero-order valence-electron chi connectivity index (χ0n) is 29.9. The minimum absolute atomic E-state index is 0.0281. The third kappa shape index (κ3) is 6.85. The van der Waals surface area contributed by atoms with Crippen LogP contribution in [0.25, 0.3) is 65.7 Å². The zero-order valence-corrected chi connectivity index (χ0v) is 33.7. The third-order valence-corrected chi connectivity index (χ3v) is 12.1. The monoisotopic (exact) mass is 923 g/mol. The van der Waals surface area contributed by atoms with Crippen molar-refractivity contribution in [2.24, 2.45) is 0 Å². The van der Waals surface area contributed by atoms with E-state index in [9.17, 15) is 0 Å². The molecule has 6 heteroatoms. The van der Waals surface area contributed by atoms with Gasteiger partial charge in [-0.2, -0.15) is 4.67 Å². The van der Waals surface area contributed by atoms with Crippen LogP contribution in [-0.2, 0) is 20.0 Å². The molecule has 0 saturated carbocycles. The molecule has 0 radical (unpaired) electrons. The van der Waals surface area contributed by atoms with Gasteiger partial charge in [0.1, 0.15) is 0 Å². The van der Waals surface area contributed by atoms with Crippen molar-refractivity contribution in [3.05, 3.63) is 193 Å². The van der Waals surface area contributed by atoms with Gasteiger partial charge in [-0.15, -0.1) is 0 Å². The van der Waals surface area contributed by atoms with Gasteiger partial charge in [0.2, 0.25) is 0 Å². The van der Waals surface area contributed by atoms with Crippen molar-refractivity contribution in [3.8, 4) is 22.3 Å². The van der Waals surface area contributed by atoms with E-state index in [1.165, 1.54) is 11.1 Å². The van der Waals surface area contributed by atoms with Gasteiger partial charge in [0, 0.05) is 33.6 Å². The summed E-state index contributed by atoms with van der Waals surface area (Å²) in [5.41, 5.74) is 8.59. The van der Waals surface area contributed by atoms with Crippen LogP contribution >= 0.6 is 17.4 Å². The minimum atomic E-state index is -1.74. The van der Waals surface area contributed by atoms with E-state index in [2.05, 4.69) is 210 Å². The van der Waals surface area contributed by atoms with E-state index < -0.39 is 8.16 Å². The Bertz CT molecular complexity index is 2540. The number of halogens is 1. The average molecular weight is 924 g/mol. The van der Waals surface area contributed by atoms with Gasteiger partial charge in [0.15, 0.2) is 11.2 Å². The molecule has 0 aliphatic heterocycles. The number of rotatable bonds is 7. The van der Waals surface area contributed by atoms with Crippen LogP contribution in [0, 0.1) is 0 Å². The van der Waals surface area contributed by atoms with E-state index >= 15 is 0 Å². The molecule has 3 nitrogen and oxygen atoms in total. The predicted molar refractivity (Wildman–Crippen MR) is 226 cm³/mol. The van der Waals surface area contributed by atoms with E-state index in [0.717, 1.165) is 65.7 Å². The summed E-state index contributed by atoms with van der Waals surface area (Å²) in [5.74, 6) is 0. The van der Waals surface area contributed by atoms with Crippen molar-refractivity contribution >= 4 is 60.8 Å². The van der Waals surface area contributed by atoms with E-state index in [1.807, 2.05) is 0 Å². The quantitative estimate of drug-likeness (QED) is 0.149. The Balaban J connectivity index is 0.00000203. The van der Waals surface area contributed by atoms with Crippen LogP contribution in [0.2, 0.25) is 0 Å². The molecule has 0 unspecified atom stereocenters. The molecule has 9 aromatic rings.